The van der Waals surface area contributed by atoms with Crippen molar-refractivity contribution in [3.63, 3.8) is 0 Å². The number of nitrogens with two attached hydrogens (primary N) is 1. The van der Waals surface area contributed by atoms with Gasteiger partial charge in [-0.15, -0.1) is 0 Å². The van der Waals surface area contributed by atoms with Gasteiger partial charge >= 0.3 is 5.97 Å². The van der Waals surface area contributed by atoms with Crippen LogP contribution < -0.4 is 10.5 Å². The van der Waals surface area contributed by atoms with Gasteiger partial charge in [0.15, 0.2) is 0 Å². The molecule has 0 radical (unpaired) electrons. The van der Waals surface area contributed by atoms with Gasteiger partial charge in [-0.25, -0.2) is 0 Å². The molecule has 1 rings (SSSR count). The van der Waals surface area contributed by atoms with Gasteiger partial charge in [-0.2, -0.15) is 0 Å². The van der Waals surface area contributed by atoms with Crippen LogP contribution in [0.15, 0.2) is 12.1 Å². The highest BCUT2D eigenvalue weighted by atomic mass is 16.5. The SMILES string of the molecule is COC(=O)C(N)CCCc1cc(C)c(OC)c(C)c1. The average molecular weight is 265 g/mol. The third-order valence-corrected chi connectivity index (χ3v) is 3.21. The lowest BCUT2D eigenvalue weighted by Crippen LogP contribution is -2.31. The van der Waals surface area contributed by atoms with E-state index in [1.807, 2.05) is 13.8 Å². The molecule has 4 nitrogen and oxygen atoms in total. The molecular formula is C15H23NO3. The van der Waals surface area contributed by atoms with Crippen molar-refractivity contribution in [3.05, 3.63) is 28.8 Å². The second kappa shape index (κ2) is 7.14. The first kappa shape index (κ1) is 15.5. The Morgan fingerprint density at radius 3 is 2.32 bits per heavy atom. The Bertz CT molecular complexity index is 420. The molecule has 0 bridgehead atoms. The maximum atomic E-state index is 11.2. The van der Waals surface area contributed by atoms with Crippen LogP contribution in [-0.4, -0.2) is 26.2 Å². The van der Waals surface area contributed by atoms with Crippen LogP contribution in [0.25, 0.3) is 0 Å². The zero-order valence-corrected chi connectivity index (χ0v) is 12.2. The minimum absolute atomic E-state index is 0.345. The molecule has 0 saturated heterocycles. The quantitative estimate of drug-likeness (QED) is 0.800. The number of carbonyl (C=O) groups excluding carboxylic acids is 1. The molecule has 1 atom stereocenters. The molecule has 2 N–H and O–H groups in total. The van der Waals surface area contributed by atoms with Crippen molar-refractivity contribution in [2.45, 2.75) is 39.2 Å². The van der Waals surface area contributed by atoms with E-state index in [0.29, 0.717) is 6.42 Å². The van der Waals surface area contributed by atoms with Gasteiger partial charge in [0.1, 0.15) is 11.8 Å². The number of aryl methyl sites for hydroxylation is 3. The first-order chi connectivity index (χ1) is 8.99. The van der Waals surface area contributed by atoms with E-state index < -0.39 is 6.04 Å². The smallest absolute Gasteiger partial charge is 0.322 e. The van der Waals surface area contributed by atoms with Gasteiger partial charge in [-0.3, -0.25) is 4.79 Å². The topological polar surface area (TPSA) is 61.5 Å². The monoisotopic (exact) mass is 265 g/mol. The number of hydrogen-bond donors (Lipinski definition) is 1. The zero-order valence-electron chi connectivity index (χ0n) is 12.2. The van der Waals surface area contributed by atoms with Crippen LogP contribution in [-0.2, 0) is 16.0 Å². The van der Waals surface area contributed by atoms with E-state index in [1.54, 1.807) is 7.11 Å². The zero-order chi connectivity index (χ0) is 14.4. The number of esters is 1. The highest BCUT2D eigenvalue weighted by molar-refractivity contribution is 5.75. The van der Waals surface area contributed by atoms with Crippen LogP contribution in [0.3, 0.4) is 0 Å². The number of hydrogen-bond acceptors (Lipinski definition) is 4. The molecule has 0 heterocycles. The lowest BCUT2D eigenvalue weighted by atomic mass is 10.00. The molecule has 0 fully saturated rings. The molecular weight excluding hydrogens is 242 g/mol. The van der Waals surface area contributed by atoms with Crippen LogP contribution in [0.2, 0.25) is 0 Å². The summed E-state index contributed by atoms with van der Waals surface area (Å²) in [6.45, 7) is 4.07. The average Bonchev–Trinajstić information content (AvgIpc) is 2.37. The first-order valence-corrected chi connectivity index (χ1v) is 6.47. The number of ether oxygens (including phenoxy) is 2. The van der Waals surface area contributed by atoms with Crippen molar-refractivity contribution < 1.29 is 14.3 Å². The van der Waals surface area contributed by atoms with Gasteiger partial charge in [0.25, 0.3) is 0 Å². The Balaban J connectivity index is 2.57. The molecule has 19 heavy (non-hydrogen) atoms. The summed E-state index contributed by atoms with van der Waals surface area (Å²) in [6, 6.07) is 3.72. The van der Waals surface area contributed by atoms with Gasteiger partial charge in [0.05, 0.1) is 14.2 Å². The predicted molar refractivity (Wildman–Crippen MR) is 75.4 cm³/mol. The van der Waals surface area contributed by atoms with E-state index in [-0.39, 0.29) is 5.97 Å². The molecule has 4 heteroatoms. The Kier molecular flexibility index (Phi) is 5.83. The van der Waals surface area contributed by atoms with Crippen LogP contribution in [0, 0.1) is 13.8 Å². The van der Waals surface area contributed by atoms with E-state index >= 15 is 0 Å². The van der Waals surface area contributed by atoms with Crippen LogP contribution in [0.4, 0.5) is 0 Å². The Labute approximate surface area is 114 Å². The summed E-state index contributed by atoms with van der Waals surface area (Å²) in [4.78, 5) is 11.2. The van der Waals surface area contributed by atoms with Crippen molar-refractivity contribution in [1.82, 2.24) is 0 Å². The van der Waals surface area contributed by atoms with Crippen molar-refractivity contribution in [1.29, 1.82) is 0 Å². The van der Waals surface area contributed by atoms with E-state index in [2.05, 4.69) is 16.9 Å². The Morgan fingerprint density at radius 2 is 1.84 bits per heavy atom. The lowest BCUT2D eigenvalue weighted by molar-refractivity contribution is -0.142. The standard InChI is InChI=1S/C15H23NO3/c1-10-8-12(9-11(2)14(10)18-3)6-5-7-13(16)15(17)19-4/h8-9,13H,5-7,16H2,1-4H3. The third kappa shape index (κ3) is 4.24. The number of benzene rings is 1. The second-order valence-electron chi connectivity index (χ2n) is 4.78. The number of methoxy groups -OCH3 is 2. The van der Waals surface area contributed by atoms with Crippen molar-refractivity contribution >= 4 is 5.97 Å². The summed E-state index contributed by atoms with van der Waals surface area (Å²) < 4.78 is 9.94. The highest BCUT2D eigenvalue weighted by Crippen LogP contribution is 2.25. The van der Waals surface area contributed by atoms with Gasteiger partial charge in [-0.1, -0.05) is 12.1 Å². The van der Waals surface area contributed by atoms with Crippen LogP contribution in [0.1, 0.15) is 29.5 Å². The molecule has 0 aliphatic carbocycles. The summed E-state index contributed by atoms with van der Waals surface area (Å²) in [5, 5.41) is 0. The lowest BCUT2D eigenvalue weighted by Gasteiger charge is -2.12. The normalized spacial score (nSPS) is 12.1. The number of rotatable bonds is 6. The Hall–Kier alpha value is -1.55. The third-order valence-electron chi connectivity index (χ3n) is 3.21. The molecule has 0 amide bonds. The van der Waals surface area contributed by atoms with Crippen molar-refractivity contribution in [2.75, 3.05) is 14.2 Å². The van der Waals surface area contributed by atoms with Gasteiger partial charge in [0, 0.05) is 0 Å². The highest BCUT2D eigenvalue weighted by Gasteiger charge is 2.13. The molecule has 1 aromatic carbocycles. The van der Waals surface area contributed by atoms with E-state index in [9.17, 15) is 4.79 Å². The maximum absolute atomic E-state index is 11.2. The molecule has 0 aliphatic heterocycles. The summed E-state index contributed by atoms with van der Waals surface area (Å²) in [5.41, 5.74) is 9.21. The fourth-order valence-electron chi connectivity index (χ4n) is 2.30. The Morgan fingerprint density at radius 1 is 1.26 bits per heavy atom. The molecule has 1 unspecified atom stereocenters. The fraction of sp³-hybridized carbons (Fsp3) is 0.533. The molecule has 1 aromatic rings. The predicted octanol–water partition coefficient (Wildman–Crippen LogP) is 2.14. The van der Waals surface area contributed by atoms with Gasteiger partial charge in [-0.05, 0) is 49.8 Å². The summed E-state index contributed by atoms with van der Waals surface area (Å²) in [6.07, 6.45) is 2.40. The number of carbonyl (C=O) groups is 1. The minimum Gasteiger partial charge on any atom is -0.496 e. The molecule has 0 aromatic heterocycles. The van der Waals surface area contributed by atoms with Crippen LogP contribution in [0.5, 0.6) is 5.75 Å². The summed E-state index contributed by atoms with van der Waals surface area (Å²) in [5.74, 6) is 0.595. The fourth-order valence-corrected chi connectivity index (χ4v) is 2.30. The van der Waals surface area contributed by atoms with Crippen molar-refractivity contribution in [2.24, 2.45) is 5.73 Å². The minimum atomic E-state index is -0.523. The molecule has 0 spiro atoms. The van der Waals surface area contributed by atoms with Gasteiger partial charge < -0.3 is 15.2 Å². The summed E-state index contributed by atoms with van der Waals surface area (Å²) >= 11 is 0. The van der Waals surface area contributed by atoms with E-state index in [1.165, 1.54) is 12.7 Å². The molecule has 106 valence electrons. The van der Waals surface area contributed by atoms with E-state index in [4.69, 9.17) is 10.5 Å². The van der Waals surface area contributed by atoms with Gasteiger partial charge in [0.2, 0.25) is 0 Å². The van der Waals surface area contributed by atoms with Crippen LogP contribution >= 0.6 is 0 Å². The van der Waals surface area contributed by atoms with E-state index in [0.717, 1.165) is 29.7 Å². The van der Waals surface area contributed by atoms with Crippen molar-refractivity contribution in [3.8, 4) is 5.75 Å². The first-order valence-electron chi connectivity index (χ1n) is 6.47. The largest absolute Gasteiger partial charge is 0.496 e. The second-order valence-corrected chi connectivity index (χ2v) is 4.78. The summed E-state index contributed by atoms with van der Waals surface area (Å²) in [7, 11) is 3.04. The molecule has 0 saturated carbocycles. The maximum Gasteiger partial charge on any atom is 0.322 e. The molecule has 0 aliphatic rings.